The summed E-state index contributed by atoms with van der Waals surface area (Å²) < 4.78 is 24.5. The number of alkyl halides is 2. The van der Waals surface area contributed by atoms with Gasteiger partial charge in [-0.15, -0.1) is 0 Å². The highest BCUT2D eigenvalue weighted by molar-refractivity contribution is 6.06. The third kappa shape index (κ3) is 2.78. The van der Waals surface area contributed by atoms with Gasteiger partial charge in [-0.1, -0.05) is 30.3 Å². The third-order valence-corrected chi connectivity index (χ3v) is 3.11. The maximum atomic E-state index is 12.3. The molecule has 1 aromatic rings. The molecule has 0 aromatic heterocycles. The summed E-state index contributed by atoms with van der Waals surface area (Å²) in [4.78, 5) is 24.4. The Morgan fingerprint density at radius 2 is 1.89 bits per heavy atom. The summed E-state index contributed by atoms with van der Waals surface area (Å²) in [5, 5.41) is 9.08. The van der Waals surface area contributed by atoms with Gasteiger partial charge in [-0.25, -0.2) is 8.78 Å². The maximum Gasteiger partial charge on any atom is 0.265 e. The minimum absolute atomic E-state index is 0.0429. The van der Waals surface area contributed by atoms with Gasteiger partial charge < -0.3 is 5.11 Å². The van der Waals surface area contributed by atoms with Crippen LogP contribution < -0.4 is 0 Å². The number of hydrogen-bond acceptors (Lipinski definition) is 3. The third-order valence-electron chi connectivity index (χ3n) is 3.11. The van der Waals surface area contributed by atoms with Gasteiger partial charge in [-0.05, 0) is 5.56 Å². The zero-order chi connectivity index (χ0) is 14.0. The van der Waals surface area contributed by atoms with Crippen LogP contribution in [-0.4, -0.2) is 40.9 Å². The molecule has 1 heterocycles. The average Bonchev–Trinajstić information content (AvgIpc) is 2.67. The van der Waals surface area contributed by atoms with Crippen molar-refractivity contribution in [2.75, 3.05) is 6.54 Å². The Labute approximate surface area is 108 Å². The van der Waals surface area contributed by atoms with E-state index in [2.05, 4.69) is 0 Å². The zero-order valence-electron chi connectivity index (χ0n) is 10.00. The molecular formula is C13H13F2NO3. The largest absolute Gasteiger partial charge is 0.385 e. The Balaban J connectivity index is 2.13. The number of likely N-dealkylation sites (tertiary alicyclic amines) is 1. The van der Waals surface area contributed by atoms with Crippen molar-refractivity contribution in [1.29, 1.82) is 0 Å². The van der Waals surface area contributed by atoms with Gasteiger partial charge in [0.05, 0.1) is 12.5 Å². The number of halogens is 2. The predicted molar refractivity (Wildman–Crippen MR) is 62.5 cm³/mol. The van der Waals surface area contributed by atoms with Crippen molar-refractivity contribution in [1.82, 2.24) is 4.90 Å². The van der Waals surface area contributed by atoms with Gasteiger partial charge in [0.25, 0.3) is 6.43 Å². The van der Waals surface area contributed by atoms with E-state index in [1.54, 1.807) is 30.3 Å². The molecule has 4 nitrogen and oxygen atoms in total. The molecule has 1 aliphatic rings. The number of rotatable bonds is 4. The maximum absolute atomic E-state index is 12.3. The molecule has 2 amide bonds. The predicted octanol–water partition coefficient (Wildman–Crippen LogP) is 1.16. The Morgan fingerprint density at radius 1 is 1.26 bits per heavy atom. The lowest BCUT2D eigenvalue weighted by atomic mass is 9.98. The molecule has 2 atom stereocenters. The van der Waals surface area contributed by atoms with Crippen molar-refractivity contribution in [3.8, 4) is 0 Å². The van der Waals surface area contributed by atoms with Crippen molar-refractivity contribution >= 4 is 11.8 Å². The average molecular weight is 269 g/mol. The summed E-state index contributed by atoms with van der Waals surface area (Å²) in [6.45, 7) is -0.654. The monoisotopic (exact) mass is 269 g/mol. The fraction of sp³-hybridized carbons (Fsp3) is 0.385. The van der Waals surface area contributed by atoms with Crippen molar-refractivity contribution in [3.05, 3.63) is 35.9 Å². The second-order valence-corrected chi connectivity index (χ2v) is 4.41. The van der Waals surface area contributed by atoms with Crippen LogP contribution in [0.5, 0.6) is 0 Å². The molecule has 1 N–H and O–H groups in total. The van der Waals surface area contributed by atoms with Crippen LogP contribution in [0, 0.1) is 0 Å². The molecule has 102 valence electrons. The quantitative estimate of drug-likeness (QED) is 0.834. The van der Waals surface area contributed by atoms with E-state index in [0.29, 0.717) is 10.5 Å². The summed E-state index contributed by atoms with van der Waals surface area (Å²) in [5.74, 6) is -1.70. The van der Waals surface area contributed by atoms with E-state index < -0.39 is 36.8 Å². The van der Waals surface area contributed by atoms with Crippen LogP contribution in [-0.2, 0) is 9.59 Å². The molecule has 2 rings (SSSR count). The number of benzene rings is 1. The van der Waals surface area contributed by atoms with Crippen LogP contribution in [0.3, 0.4) is 0 Å². The van der Waals surface area contributed by atoms with Gasteiger partial charge in [-0.3, -0.25) is 14.5 Å². The van der Waals surface area contributed by atoms with Gasteiger partial charge in [0.2, 0.25) is 11.8 Å². The second-order valence-electron chi connectivity index (χ2n) is 4.41. The molecule has 1 fully saturated rings. The van der Waals surface area contributed by atoms with E-state index in [1.165, 1.54) is 0 Å². The van der Waals surface area contributed by atoms with Crippen LogP contribution in [0.15, 0.2) is 30.3 Å². The topological polar surface area (TPSA) is 57.6 Å². The van der Waals surface area contributed by atoms with E-state index in [-0.39, 0.29) is 6.42 Å². The summed E-state index contributed by atoms with van der Waals surface area (Å²) in [7, 11) is 0. The van der Waals surface area contributed by atoms with Crippen LogP contribution in [0.4, 0.5) is 8.78 Å². The molecule has 0 saturated carbocycles. The first-order valence-electron chi connectivity index (χ1n) is 5.86. The first-order chi connectivity index (χ1) is 9.00. The van der Waals surface area contributed by atoms with Crippen molar-refractivity contribution in [2.45, 2.75) is 24.9 Å². The number of hydrogen-bond donors (Lipinski definition) is 1. The fourth-order valence-corrected chi connectivity index (χ4v) is 2.09. The molecule has 0 radical (unpaired) electrons. The number of carbonyl (C=O) groups is 2. The van der Waals surface area contributed by atoms with Crippen molar-refractivity contribution in [2.24, 2.45) is 0 Å². The molecule has 1 saturated heterocycles. The van der Waals surface area contributed by atoms with E-state index in [9.17, 15) is 18.4 Å². The van der Waals surface area contributed by atoms with Crippen molar-refractivity contribution < 1.29 is 23.5 Å². The van der Waals surface area contributed by atoms with Gasteiger partial charge in [0, 0.05) is 6.42 Å². The van der Waals surface area contributed by atoms with Crippen LogP contribution in [0.25, 0.3) is 0 Å². The molecular weight excluding hydrogens is 256 g/mol. The highest BCUT2D eigenvalue weighted by atomic mass is 19.3. The molecule has 0 bridgehead atoms. The summed E-state index contributed by atoms with van der Waals surface area (Å²) in [6, 6.07) is 8.68. The van der Waals surface area contributed by atoms with Gasteiger partial charge in [0.1, 0.15) is 6.10 Å². The Morgan fingerprint density at radius 3 is 2.47 bits per heavy atom. The van der Waals surface area contributed by atoms with E-state index in [1.807, 2.05) is 0 Å². The van der Waals surface area contributed by atoms with Gasteiger partial charge in [-0.2, -0.15) is 0 Å². The number of β-amino-alcohol motifs (C(OH)–C–C–N with tert-alkyl or cyclic N) is 1. The number of aliphatic hydroxyl groups is 1. The summed E-state index contributed by atoms with van der Waals surface area (Å²) in [5.41, 5.74) is 0.676. The molecule has 19 heavy (non-hydrogen) atoms. The highest BCUT2D eigenvalue weighted by Crippen LogP contribution is 2.29. The lowest BCUT2D eigenvalue weighted by Crippen LogP contribution is -2.40. The normalized spacial score (nSPS) is 21.3. The zero-order valence-corrected chi connectivity index (χ0v) is 10.00. The number of imide groups is 1. The van der Waals surface area contributed by atoms with Crippen LogP contribution in [0.2, 0.25) is 0 Å². The van der Waals surface area contributed by atoms with E-state index in [4.69, 9.17) is 5.11 Å². The van der Waals surface area contributed by atoms with Gasteiger partial charge in [0.15, 0.2) is 0 Å². The lowest BCUT2D eigenvalue weighted by Gasteiger charge is -2.18. The summed E-state index contributed by atoms with van der Waals surface area (Å²) >= 11 is 0. The molecule has 1 aromatic carbocycles. The summed E-state index contributed by atoms with van der Waals surface area (Å²) in [6.07, 6.45) is -5.02. The minimum Gasteiger partial charge on any atom is -0.385 e. The fourth-order valence-electron chi connectivity index (χ4n) is 2.09. The number of carbonyl (C=O) groups excluding carboxylic acids is 2. The van der Waals surface area contributed by atoms with Crippen LogP contribution >= 0.6 is 0 Å². The highest BCUT2D eigenvalue weighted by Gasteiger charge is 2.40. The smallest absolute Gasteiger partial charge is 0.265 e. The first kappa shape index (κ1) is 13.6. The van der Waals surface area contributed by atoms with Crippen molar-refractivity contribution in [3.63, 3.8) is 0 Å². The number of aliphatic hydroxyl groups excluding tert-OH is 1. The molecule has 1 aliphatic heterocycles. The second kappa shape index (κ2) is 5.44. The Kier molecular flexibility index (Phi) is 3.90. The van der Waals surface area contributed by atoms with E-state index >= 15 is 0 Å². The van der Waals surface area contributed by atoms with Gasteiger partial charge >= 0.3 is 0 Å². The Hall–Kier alpha value is -1.82. The van der Waals surface area contributed by atoms with Crippen LogP contribution in [0.1, 0.15) is 17.9 Å². The molecule has 0 spiro atoms. The van der Waals surface area contributed by atoms with E-state index in [0.717, 1.165) is 0 Å². The molecule has 2 unspecified atom stereocenters. The number of nitrogens with zero attached hydrogens (tertiary/aromatic N) is 1. The Bertz CT molecular complexity index is 478. The SMILES string of the molecule is O=C1CC(c2ccccc2)C(=O)N1CC(O)C(F)F. The molecule has 0 aliphatic carbocycles. The molecule has 6 heteroatoms. The first-order valence-corrected chi connectivity index (χ1v) is 5.86. The minimum atomic E-state index is -2.98. The standard InChI is InChI=1S/C13H13F2NO3/c14-12(15)10(17)7-16-11(18)6-9(13(16)19)8-4-2-1-3-5-8/h1-5,9-10,12,17H,6-7H2. The number of amides is 2. The lowest BCUT2D eigenvalue weighted by molar-refractivity contribution is -0.142.